The van der Waals surface area contributed by atoms with Gasteiger partial charge in [-0.25, -0.2) is 0 Å². The van der Waals surface area contributed by atoms with E-state index in [1.165, 1.54) is 6.42 Å². The minimum Gasteiger partial charge on any atom is -0.364 e. The van der Waals surface area contributed by atoms with E-state index >= 15 is 0 Å². The molecule has 0 aliphatic carbocycles. The molecule has 1 aromatic rings. The fourth-order valence-electron chi connectivity index (χ4n) is 1.78. The standard InChI is InChI=1S/C14H17NO/c1-2-6-13(7-3-1)8-5-11-16-14-9-4-10-15-12-14/h1-3,6-7,14-15H,4,9-12H2. The number of rotatable bonds is 2. The molecule has 1 heterocycles. The first-order valence-electron chi connectivity index (χ1n) is 5.81. The Morgan fingerprint density at radius 2 is 2.19 bits per heavy atom. The number of hydrogen-bond acceptors (Lipinski definition) is 2. The van der Waals surface area contributed by atoms with Crippen LogP contribution in [0.5, 0.6) is 0 Å². The summed E-state index contributed by atoms with van der Waals surface area (Å²) in [4.78, 5) is 0. The van der Waals surface area contributed by atoms with E-state index in [9.17, 15) is 0 Å². The van der Waals surface area contributed by atoms with Gasteiger partial charge in [0.2, 0.25) is 0 Å². The summed E-state index contributed by atoms with van der Waals surface area (Å²) in [6, 6.07) is 10.0. The van der Waals surface area contributed by atoms with Gasteiger partial charge in [-0.2, -0.15) is 0 Å². The third-order valence-corrected chi connectivity index (χ3v) is 2.65. The first kappa shape index (κ1) is 11.2. The molecule has 1 N–H and O–H groups in total. The maximum Gasteiger partial charge on any atom is 0.108 e. The average Bonchev–Trinajstić information content (AvgIpc) is 2.37. The van der Waals surface area contributed by atoms with Gasteiger partial charge in [-0.3, -0.25) is 0 Å². The maximum absolute atomic E-state index is 5.67. The zero-order chi connectivity index (χ0) is 11.1. The van der Waals surface area contributed by atoms with Gasteiger partial charge in [0.05, 0.1) is 6.10 Å². The van der Waals surface area contributed by atoms with Crippen LogP contribution in [0.4, 0.5) is 0 Å². The van der Waals surface area contributed by atoms with Crippen molar-refractivity contribution in [2.75, 3.05) is 19.7 Å². The SMILES string of the molecule is C(#Cc1ccccc1)COC1CCCNC1. The molecule has 0 aromatic heterocycles. The summed E-state index contributed by atoms with van der Waals surface area (Å²) >= 11 is 0. The minimum atomic E-state index is 0.346. The second kappa shape index (κ2) is 6.32. The van der Waals surface area contributed by atoms with Crippen LogP contribution < -0.4 is 5.32 Å². The Balaban J connectivity index is 1.73. The van der Waals surface area contributed by atoms with E-state index < -0.39 is 0 Å². The lowest BCUT2D eigenvalue weighted by molar-refractivity contribution is 0.0591. The van der Waals surface area contributed by atoms with Crippen LogP contribution in [0, 0.1) is 11.8 Å². The molecule has 1 aliphatic heterocycles. The summed E-state index contributed by atoms with van der Waals surface area (Å²) in [5.74, 6) is 6.14. The largest absolute Gasteiger partial charge is 0.364 e. The van der Waals surface area contributed by atoms with Crippen LogP contribution in [-0.4, -0.2) is 25.8 Å². The fraction of sp³-hybridized carbons (Fsp3) is 0.429. The second-order valence-corrected chi connectivity index (χ2v) is 3.95. The molecule has 1 aliphatic rings. The van der Waals surface area contributed by atoms with Crippen LogP contribution in [0.3, 0.4) is 0 Å². The monoisotopic (exact) mass is 215 g/mol. The first-order chi connectivity index (χ1) is 7.95. The topological polar surface area (TPSA) is 21.3 Å². The molecule has 1 atom stereocenters. The first-order valence-corrected chi connectivity index (χ1v) is 5.81. The molecule has 0 spiro atoms. The molecular formula is C14H17NO. The molecule has 84 valence electrons. The zero-order valence-electron chi connectivity index (χ0n) is 9.41. The van der Waals surface area contributed by atoms with Crippen LogP contribution >= 0.6 is 0 Å². The normalized spacial score (nSPS) is 19.9. The number of hydrogen-bond donors (Lipinski definition) is 1. The van der Waals surface area contributed by atoms with Crippen LogP contribution in [-0.2, 0) is 4.74 Å². The van der Waals surface area contributed by atoms with Crippen molar-refractivity contribution in [1.29, 1.82) is 0 Å². The highest BCUT2D eigenvalue weighted by Gasteiger charge is 2.11. The van der Waals surface area contributed by atoms with Crippen LogP contribution in [0.25, 0.3) is 0 Å². The highest BCUT2D eigenvalue weighted by molar-refractivity contribution is 5.33. The van der Waals surface area contributed by atoms with Crippen molar-refractivity contribution < 1.29 is 4.74 Å². The smallest absolute Gasteiger partial charge is 0.108 e. The molecule has 0 amide bonds. The molecule has 0 radical (unpaired) electrons. The van der Waals surface area contributed by atoms with E-state index in [4.69, 9.17) is 4.74 Å². The van der Waals surface area contributed by atoms with Crippen molar-refractivity contribution in [3.63, 3.8) is 0 Å². The Morgan fingerprint density at radius 3 is 2.94 bits per heavy atom. The van der Waals surface area contributed by atoms with Crippen LogP contribution in [0.1, 0.15) is 18.4 Å². The number of nitrogens with one attached hydrogen (secondary N) is 1. The Labute approximate surface area is 97.0 Å². The van der Waals surface area contributed by atoms with Gasteiger partial charge in [0.1, 0.15) is 6.61 Å². The molecule has 1 fully saturated rings. The van der Waals surface area contributed by atoms with Gasteiger partial charge < -0.3 is 10.1 Å². The summed E-state index contributed by atoms with van der Waals surface area (Å²) in [6.07, 6.45) is 2.70. The maximum atomic E-state index is 5.67. The Morgan fingerprint density at radius 1 is 1.31 bits per heavy atom. The van der Waals surface area contributed by atoms with Gasteiger partial charge in [-0.05, 0) is 31.5 Å². The van der Waals surface area contributed by atoms with E-state index in [-0.39, 0.29) is 0 Å². The average molecular weight is 215 g/mol. The summed E-state index contributed by atoms with van der Waals surface area (Å²) in [5.41, 5.74) is 1.05. The van der Waals surface area contributed by atoms with Crippen molar-refractivity contribution >= 4 is 0 Å². The third-order valence-electron chi connectivity index (χ3n) is 2.65. The summed E-state index contributed by atoms with van der Waals surface area (Å²) in [5, 5.41) is 3.32. The Kier molecular flexibility index (Phi) is 4.42. The van der Waals surface area contributed by atoms with Gasteiger partial charge in [0, 0.05) is 12.1 Å². The predicted molar refractivity (Wildman–Crippen MR) is 65.2 cm³/mol. The van der Waals surface area contributed by atoms with Gasteiger partial charge in [0.25, 0.3) is 0 Å². The number of ether oxygens (including phenoxy) is 1. The Bertz CT molecular complexity index is 357. The van der Waals surface area contributed by atoms with Crippen molar-refractivity contribution in [3.8, 4) is 11.8 Å². The highest BCUT2D eigenvalue weighted by Crippen LogP contribution is 2.05. The Hall–Kier alpha value is -1.30. The lowest BCUT2D eigenvalue weighted by atomic mass is 10.1. The highest BCUT2D eigenvalue weighted by atomic mass is 16.5. The predicted octanol–water partition coefficient (Wildman–Crippen LogP) is 1.81. The van der Waals surface area contributed by atoms with E-state index in [1.807, 2.05) is 30.3 Å². The van der Waals surface area contributed by atoms with Crippen molar-refractivity contribution in [1.82, 2.24) is 5.32 Å². The van der Waals surface area contributed by atoms with E-state index in [2.05, 4.69) is 17.2 Å². The second-order valence-electron chi connectivity index (χ2n) is 3.95. The quantitative estimate of drug-likeness (QED) is 0.760. The molecule has 2 rings (SSSR count). The molecule has 1 aromatic carbocycles. The van der Waals surface area contributed by atoms with Gasteiger partial charge in [-0.15, -0.1) is 0 Å². The van der Waals surface area contributed by atoms with E-state index in [0.29, 0.717) is 12.7 Å². The molecule has 2 nitrogen and oxygen atoms in total. The van der Waals surface area contributed by atoms with Crippen molar-refractivity contribution in [3.05, 3.63) is 35.9 Å². The summed E-state index contributed by atoms with van der Waals surface area (Å²) in [6.45, 7) is 2.61. The van der Waals surface area contributed by atoms with Gasteiger partial charge in [0.15, 0.2) is 0 Å². The molecule has 0 bridgehead atoms. The minimum absolute atomic E-state index is 0.346. The molecule has 1 unspecified atom stereocenters. The molecule has 0 saturated carbocycles. The lowest BCUT2D eigenvalue weighted by Gasteiger charge is -2.21. The van der Waals surface area contributed by atoms with E-state index in [1.54, 1.807) is 0 Å². The molecule has 2 heteroatoms. The lowest BCUT2D eigenvalue weighted by Crippen LogP contribution is -2.35. The molecule has 1 saturated heterocycles. The number of piperidine rings is 1. The van der Waals surface area contributed by atoms with Crippen molar-refractivity contribution in [2.45, 2.75) is 18.9 Å². The fourth-order valence-corrected chi connectivity index (χ4v) is 1.78. The summed E-state index contributed by atoms with van der Waals surface area (Å²) < 4.78 is 5.67. The van der Waals surface area contributed by atoms with Gasteiger partial charge in [-0.1, -0.05) is 30.0 Å². The van der Waals surface area contributed by atoms with Crippen molar-refractivity contribution in [2.24, 2.45) is 0 Å². The van der Waals surface area contributed by atoms with Crippen LogP contribution in [0.15, 0.2) is 30.3 Å². The zero-order valence-corrected chi connectivity index (χ0v) is 9.41. The van der Waals surface area contributed by atoms with Crippen LogP contribution in [0.2, 0.25) is 0 Å². The summed E-state index contributed by atoms with van der Waals surface area (Å²) in [7, 11) is 0. The third kappa shape index (κ3) is 3.69. The molecule has 16 heavy (non-hydrogen) atoms. The van der Waals surface area contributed by atoms with Gasteiger partial charge >= 0.3 is 0 Å². The number of benzene rings is 1. The van der Waals surface area contributed by atoms with E-state index in [0.717, 1.165) is 25.1 Å². The molecular weight excluding hydrogens is 198 g/mol.